The van der Waals surface area contributed by atoms with Gasteiger partial charge < -0.3 is 20.4 Å². The summed E-state index contributed by atoms with van der Waals surface area (Å²) in [5.41, 5.74) is -3.76. The molecule has 0 saturated heterocycles. The van der Waals surface area contributed by atoms with Gasteiger partial charge in [0.25, 0.3) is 0 Å². The van der Waals surface area contributed by atoms with Crippen LogP contribution in [0.3, 0.4) is 0 Å². The third-order valence-corrected chi connectivity index (χ3v) is 8.58. The van der Waals surface area contributed by atoms with Crippen molar-refractivity contribution in [2.75, 3.05) is 0 Å². The summed E-state index contributed by atoms with van der Waals surface area (Å²) in [7, 11) is 0. The zero-order valence-electron chi connectivity index (χ0n) is 21.4. The van der Waals surface area contributed by atoms with Crippen LogP contribution in [0.1, 0.15) is 132 Å². The maximum absolute atomic E-state index is 11.9. The van der Waals surface area contributed by atoms with Crippen molar-refractivity contribution in [2.24, 2.45) is 10.8 Å². The first-order valence-corrected chi connectivity index (χ1v) is 12.8. The van der Waals surface area contributed by atoms with Gasteiger partial charge in [0.1, 0.15) is 0 Å². The van der Waals surface area contributed by atoms with E-state index >= 15 is 0 Å². The molecule has 182 valence electrons. The largest absolute Gasteiger partial charge is 0.390 e. The number of rotatable bonds is 17. The monoisotopic (exact) mass is 430 g/mol. The minimum Gasteiger partial charge on any atom is -0.390 e. The van der Waals surface area contributed by atoms with Gasteiger partial charge in [-0.25, -0.2) is 0 Å². The van der Waals surface area contributed by atoms with E-state index in [0.29, 0.717) is 44.9 Å². The summed E-state index contributed by atoms with van der Waals surface area (Å²) in [6.07, 6.45) is 6.49. The van der Waals surface area contributed by atoms with E-state index in [1.54, 1.807) is 6.92 Å². The number of unbranched alkanes of at least 4 members (excludes halogenated alkanes) is 2. The van der Waals surface area contributed by atoms with Gasteiger partial charge in [0.05, 0.1) is 23.4 Å². The molecule has 6 unspecified atom stereocenters. The topological polar surface area (TPSA) is 80.9 Å². The van der Waals surface area contributed by atoms with Crippen molar-refractivity contribution in [2.45, 2.75) is 156 Å². The van der Waals surface area contributed by atoms with Gasteiger partial charge in [0, 0.05) is 10.8 Å². The molecular weight excluding hydrogens is 376 g/mol. The molecule has 0 saturated carbocycles. The number of aliphatic hydroxyl groups excluding tert-OH is 2. The molecule has 0 spiro atoms. The molecule has 0 rings (SSSR count). The van der Waals surface area contributed by atoms with Crippen LogP contribution in [0.15, 0.2) is 0 Å². The average Bonchev–Trinajstić information content (AvgIpc) is 2.74. The van der Waals surface area contributed by atoms with E-state index < -0.39 is 34.2 Å². The lowest BCUT2D eigenvalue weighted by Gasteiger charge is -2.56. The Balaban J connectivity index is 6.59. The second kappa shape index (κ2) is 12.8. The van der Waals surface area contributed by atoms with Crippen molar-refractivity contribution in [3.05, 3.63) is 0 Å². The molecule has 0 amide bonds. The quantitative estimate of drug-likeness (QED) is 0.229. The lowest BCUT2D eigenvalue weighted by molar-refractivity contribution is -0.234. The molecule has 0 aliphatic carbocycles. The van der Waals surface area contributed by atoms with E-state index in [1.807, 2.05) is 27.7 Å². The fourth-order valence-electron chi connectivity index (χ4n) is 6.01. The molecule has 0 aliphatic rings. The molecule has 4 heteroatoms. The Morgan fingerprint density at radius 2 is 1.00 bits per heavy atom. The van der Waals surface area contributed by atoms with E-state index in [1.165, 1.54) is 0 Å². The number of hydrogen-bond acceptors (Lipinski definition) is 4. The first-order chi connectivity index (χ1) is 14.0. The summed E-state index contributed by atoms with van der Waals surface area (Å²) < 4.78 is 0. The van der Waals surface area contributed by atoms with Crippen molar-refractivity contribution in [3.8, 4) is 0 Å². The molecule has 0 heterocycles. The molecule has 0 aliphatic heterocycles. The van der Waals surface area contributed by atoms with Gasteiger partial charge in [-0.05, 0) is 51.9 Å². The Morgan fingerprint density at radius 3 is 1.33 bits per heavy atom. The van der Waals surface area contributed by atoms with E-state index in [0.717, 1.165) is 32.1 Å². The third-order valence-electron chi connectivity index (χ3n) is 8.58. The minimum atomic E-state index is -1.10. The lowest BCUT2D eigenvalue weighted by atomic mass is 9.54. The Kier molecular flexibility index (Phi) is 12.7. The molecule has 0 fully saturated rings. The minimum absolute atomic E-state index is 0.509. The summed E-state index contributed by atoms with van der Waals surface area (Å²) in [6, 6.07) is 0. The van der Waals surface area contributed by atoms with E-state index in [-0.39, 0.29) is 0 Å². The van der Waals surface area contributed by atoms with Crippen LogP contribution in [0.2, 0.25) is 0 Å². The smallest absolute Gasteiger partial charge is 0.0889 e. The van der Waals surface area contributed by atoms with Gasteiger partial charge in [-0.1, -0.05) is 80.6 Å². The van der Waals surface area contributed by atoms with Crippen molar-refractivity contribution in [1.29, 1.82) is 0 Å². The Labute approximate surface area is 187 Å². The first kappa shape index (κ1) is 29.8. The van der Waals surface area contributed by atoms with Gasteiger partial charge in [-0.3, -0.25) is 0 Å². The maximum Gasteiger partial charge on any atom is 0.0889 e. The van der Waals surface area contributed by atoms with Crippen LogP contribution in [-0.2, 0) is 0 Å². The summed E-state index contributed by atoms with van der Waals surface area (Å²) >= 11 is 0. The highest BCUT2D eigenvalue weighted by molar-refractivity contribution is 5.09. The second-order valence-corrected chi connectivity index (χ2v) is 9.88. The second-order valence-electron chi connectivity index (χ2n) is 9.88. The highest BCUT2D eigenvalue weighted by Gasteiger charge is 2.59. The Morgan fingerprint density at radius 1 is 0.567 bits per heavy atom. The summed E-state index contributed by atoms with van der Waals surface area (Å²) in [5, 5.41) is 46.9. The normalized spacial score (nSPS) is 22.4. The van der Waals surface area contributed by atoms with Gasteiger partial charge in [0.15, 0.2) is 0 Å². The molecule has 30 heavy (non-hydrogen) atoms. The van der Waals surface area contributed by atoms with Crippen molar-refractivity contribution >= 4 is 0 Å². The van der Waals surface area contributed by atoms with Crippen LogP contribution in [0.25, 0.3) is 0 Å². The molecule has 4 nitrogen and oxygen atoms in total. The molecular formula is C26H54O4. The van der Waals surface area contributed by atoms with Crippen LogP contribution in [0.4, 0.5) is 0 Å². The SMILES string of the molecule is CCCCC(CC)(C(O)C(O)C(CC)(CCCC)C(O)(CC)CCC)C(C)(O)CC. The van der Waals surface area contributed by atoms with Crippen LogP contribution in [-0.4, -0.2) is 43.8 Å². The zero-order chi connectivity index (χ0) is 23.6. The van der Waals surface area contributed by atoms with Crippen LogP contribution < -0.4 is 0 Å². The molecule has 0 bridgehead atoms. The summed E-state index contributed by atoms with van der Waals surface area (Å²) in [5.74, 6) is 0. The average molecular weight is 431 g/mol. The summed E-state index contributed by atoms with van der Waals surface area (Å²) in [6.45, 7) is 16.1. The Hall–Kier alpha value is -0.160. The fourth-order valence-corrected chi connectivity index (χ4v) is 6.01. The van der Waals surface area contributed by atoms with Crippen molar-refractivity contribution in [1.82, 2.24) is 0 Å². The van der Waals surface area contributed by atoms with Gasteiger partial charge in [-0.2, -0.15) is 0 Å². The number of hydrogen-bond donors (Lipinski definition) is 4. The molecule has 0 radical (unpaired) electrons. The third kappa shape index (κ3) is 5.60. The fraction of sp³-hybridized carbons (Fsp3) is 1.00. The predicted molar refractivity (Wildman–Crippen MR) is 128 cm³/mol. The summed E-state index contributed by atoms with van der Waals surface area (Å²) in [4.78, 5) is 0. The molecule has 4 N–H and O–H groups in total. The zero-order valence-corrected chi connectivity index (χ0v) is 21.4. The van der Waals surface area contributed by atoms with Crippen LogP contribution >= 0.6 is 0 Å². The van der Waals surface area contributed by atoms with E-state index in [4.69, 9.17) is 0 Å². The highest BCUT2D eigenvalue weighted by Crippen LogP contribution is 2.54. The predicted octanol–water partition coefficient (Wildman–Crippen LogP) is 5.98. The molecule has 0 aromatic carbocycles. The van der Waals surface area contributed by atoms with Gasteiger partial charge >= 0.3 is 0 Å². The van der Waals surface area contributed by atoms with E-state index in [2.05, 4.69) is 20.8 Å². The van der Waals surface area contributed by atoms with E-state index in [9.17, 15) is 20.4 Å². The van der Waals surface area contributed by atoms with Gasteiger partial charge in [-0.15, -0.1) is 0 Å². The number of aliphatic hydroxyl groups is 4. The lowest BCUT2D eigenvalue weighted by Crippen LogP contribution is -2.64. The van der Waals surface area contributed by atoms with Crippen LogP contribution in [0.5, 0.6) is 0 Å². The molecule has 6 atom stereocenters. The standard InChI is InChI=1S/C26H54O4/c1-9-16-19-24(13-5,23(8,29)12-4)21(27)22(28)25(14-6,20-17-10-2)26(30,15-7)18-11-3/h21-22,27-30H,9-20H2,1-8H3. The Bertz CT molecular complexity index is 466. The van der Waals surface area contributed by atoms with Crippen LogP contribution in [0, 0.1) is 10.8 Å². The molecule has 0 aromatic heterocycles. The van der Waals surface area contributed by atoms with Crippen molar-refractivity contribution < 1.29 is 20.4 Å². The molecule has 0 aromatic rings. The highest BCUT2D eigenvalue weighted by atomic mass is 16.3. The van der Waals surface area contributed by atoms with Crippen molar-refractivity contribution in [3.63, 3.8) is 0 Å². The first-order valence-electron chi connectivity index (χ1n) is 12.8. The maximum atomic E-state index is 11.9. The van der Waals surface area contributed by atoms with Gasteiger partial charge in [0.2, 0.25) is 0 Å².